The van der Waals surface area contributed by atoms with Gasteiger partial charge in [0, 0.05) is 6.54 Å². The number of amides is 1. The molecule has 1 N–H and O–H groups in total. The van der Waals surface area contributed by atoms with Crippen molar-refractivity contribution in [2.45, 2.75) is 33.1 Å². The smallest absolute Gasteiger partial charge is 0.407 e. The lowest BCUT2D eigenvalue weighted by Gasteiger charge is -2.10. The summed E-state index contributed by atoms with van der Waals surface area (Å²) in [4.78, 5) is 10.9. The molecule has 0 aromatic rings. The van der Waals surface area contributed by atoms with Crippen LogP contribution < -0.4 is 5.32 Å². The minimum absolute atomic E-state index is 0.276. The van der Waals surface area contributed by atoms with Gasteiger partial charge in [-0.15, -0.1) is 0 Å². The van der Waals surface area contributed by atoms with E-state index in [4.69, 9.17) is 4.74 Å². The molecule has 1 saturated carbocycles. The first-order chi connectivity index (χ1) is 6.22. The molecule has 0 aromatic carbocycles. The fourth-order valence-electron chi connectivity index (χ4n) is 1.92. The first kappa shape index (κ1) is 10.4. The van der Waals surface area contributed by atoms with E-state index >= 15 is 0 Å². The zero-order chi connectivity index (χ0) is 9.68. The van der Waals surface area contributed by atoms with E-state index in [1.807, 2.05) is 6.92 Å². The van der Waals surface area contributed by atoms with Gasteiger partial charge in [0.2, 0.25) is 0 Å². The number of hydrogen-bond acceptors (Lipinski definition) is 2. The summed E-state index contributed by atoms with van der Waals surface area (Å²) in [5, 5.41) is 2.78. The molecule has 0 aromatic heterocycles. The summed E-state index contributed by atoms with van der Waals surface area (Å²) in [5.74, 6) is 1.49. The highest BCUT2D eigenvalue weighted by molar-refractivity contribution is 5.66. The Balaban J connectivity index is 2.09. The predicted molar refractivity (Wildman–Crippen MR) is 51.5 cm³/mol. The van der Waals surface area contributed by atoms with Crippen molar-refractivity contribution in [3.63, 3.8) is 0 Å². The topological polar surface area (TPSA) is 38.3 Å². The van der Waals surface area contributed by atoms with E-state index in [1.54, 1.807) is 0 Å². The Kier molecular flexibility index (Phi) is 4.06. The fourth-order valence-corrected chi connectivity index (χ4v) is 1.92. The summed E-state index contributed by atoms with van der Waals surface area (Å²) < 4.78 is 4.78. The molecule has 1 aliphatic rings. The normalized spacial score (nSPS) is 27.2. The average Bonchev–Trinajstić information content (AvgIpc) is 2.49. The maximum Gasteiger partial charge on any atom is 0.407 e. The summed E-state index contributed by atoms with van der Waals surface area (Å²) in [5.41, 5.74) is 0. The molecule has 3 heteroatoms. The van der Waals surface area contributed by atoms with Crippen molar-refractivity contribution < 1.29 is 9.53 Å². The minimum atomic E-state index is -0.276. The number of alkyl carbamates (subject to hydrolysis) is 1. The third kappa shape index (κ3) is 3.66. The second-order valence-electron chi connectivity index (χ2n) is 3.89. The molecule has 1 rings (SSSR count). The first-order valence-electron chi connectivity index (χ1n) is 5.13. The molecule has 0 radical (unpaired) electrons. The molecule has 1 aliphatic carbocycles. The highest BCUT2D eigenvalue weighted by atomic mass is 16.5. The minimum Gasteiger partial charge on any atom is -0.450 e. The standard InChI is InChI=1S/C10H19NO2/c1-3-13-10(12)11-7-9-5-4-8(2)6-9/h8-9H,3-7H2,1-2H3,(H,11,12). The third-order valence-electron chi connectivity index (χ3n) is 2.61. The van der Waals surface area contributed by atoms with Gasteiger partial charge in [-0.3, -0.25) is 0 Å². The van der Waals surface area contributed by atoms with Crippen molar-refractivity contribution in [2.75, 3.05) is 13.2 Å². The lowest BCUT2D eigenvalue weighted by molar-refractivity contribution is 0.150. The van der Waals surface area contributed by atoms with E-state index in [-0.39, 0.29) is 6.09 Å². The van der Waals surface area contributed by atoms with Crippen LogP contribution in [0.1, 0.15) is 33.1 Å². The lowest BCUT2D eigenvalue weighted by atomic mass is 10.1. The number of carbonyl (C=O) groups is 1. The highest BCUT2D eigenvalue weighted by Crippen LogP contribution is 2.29. The molecule has 2 atom stereocenters. The molecule has 0 spiro atoms. The van der Waals surface area contributed by atoms with Gasteiger partial charge >= 0.3 is 6.09 Å². The summed E-state index contributed by atoms with van der Waals surface area (Å²) >= 11 is 0. The van der Waals surface area contributed by atoms with Crippen LogP contribution in [0.3, 0.4) is 0 Å². The number of hydrogen-bond donors (Lipinski definition) is 1. The monoisotopic (exact) mass is 185 g/mol. The van der Waals surface area contributed by atoms with Crippen LogP contribution in [0.5, 0.6) is 0 Å². The van der Waals surface area contributed by atoms with Gasteiger partial charge in [-0.25, -0.2) is 4.79 Å². The molecular formula is C10H19NO2. The van der Waals surface area contributed by atoms with Gasteiger partial charge in [0.15, 0.2) is 0 Å². The Bertz CT molecular complexity index is 170. The number of nitrogens with one attached hydrogen (secondary N) is 1. The molecule has 1 amide bonds. The van der Waals surface area contributed by atoms with Crippen molar-refractivity contribution in [1.82, 2.24) is 5.32 Å². The molecule has 0 heterocycles. The first-order valence-corrected chi connectivity index (χ1v) is 5.13. The third-order valence-corrected chi connectivity index (χ3v) is 2.61. The molecule has 2 unspecified atom stereocenters. The van der Waals surface area contributed by atoms with Crippen LogP contribution in [0, 0.1) is 11.8 Å². The maximum absolute atomic E-state index is 10.9. The van der Waals surface area contributed by atoms with E-state index in [0.717, 1.165) is 12.5 Å². The maximum atomic E-state index is 10.9. The van der Waals surface area contributed by atoms with Crippen molar-refractivity contribution >= 4 is 6.09 Å². The molecule has 13 heavy (non-hydrogen) atoms. The summed E-state index contributed by atoms with van der Waals surface area (Å²) in [7, 11) is 0. The Labute approximate surface area is 79.8 Å². The molecule has 3 nitrogen and oxygen atoms in total. The van der Waals surface area contributed by atoms with Crippen LogP contribution in [0.25, 0.3) is 0 Å². The zero-order valence-corrected chi connectivity index (χ0v) is 8.51. The van der Waals surface area contributed by atoms with E-state index < -0.39 is 0 Å². The largest absolute Gasteiger partial charge is 0.450 e. The number of rotatable bonds is 3. The van der Waals surface area contributed by atoms with Gasteiger partial charge in [-0.05, 0) is 31.6 Å². The second kappa shape index (κ2) is 5.10. The van der Waals surface area contributed by atoms with Crippen molar-refractivity contribution in [2.24, 2.45) is 11.8 Å². The second-order valence-corrected chi connectivity index (χ2v) is 3.89. The number of ether oxygens (including phenoxy) is 1. The number of carbonyl (C=O) groups excluding carboxylic acids is 1. The summed E-state index contributed by atoms with van der Waals surface area (Å²) in [6, 6.07) is 0. The SMILES string of the molecule is CCOC(=O)NCC1CCC(C)C1. The van der Waals surface area contributed by atoms with E-state index in [9.17, 15) is 4.79 Å². The van der Waals surface area contributed by atoms with E-state index in [1.165, 1.54) is 19.3 Å². The quantitative estimate of drug-likeness (QED) is 0.731. The molecule has 0 bridgehead atoms. The van der Waals surface area contributed by atoms with Crippen molar-refractivity contribution in [3.8, 4) is 0 Å². The molecule has 1 fully saturated rings. The van der Waals surface area contributed by atoms with Gasteiger partial charge in [-0.1, -0.05) is 13.3 Å². The van der Waals surface area contributed by atoms with Crippen LogP contribution in [0.2, 0.25) is 0 Å². The van der Waals surface area contributed by atoms with Gasteiger partial charge in [0.05, 0.1) is 6.61 Å². The Morgan fingerprint density at radius 1 is 1.54 bits per heavy atom. The van der Waals surface area contributed by atoms with Gasteiger partial charge in [0.25, 0.3) is 0 Å². The van der Waals surface area contributed by atoms with Crippen LogP contribution in [0.15, 0.2) is 0 Å². The Morgan fingerprint density at radius 3 is 2.85 bits per heavy atom. The lowest BCUT2D eigenvalue weighted by Crippen LogP contribution is -2.29. The van der Waals surface area contributed by atoms with Gasteiger partial charge < -0.3 is 10.1 Å². The molecule has 0 saturated heterocycles. The summed E-state index contributed by atoms with van der Waals surface area (Å²) in [6.07, 6.45) is 3.51. The molecule has 0 aliphatic heterocycles. The predicted octanol–water partition coefficient (Wildman–Crippen LogP) is 2.17. The zero-order valence-electron chi connectivity index (χ0n) is 8.51. The van der Waals surface area contributed by atoms with E-state index in [0.29, 0.717) is 12.5 Å². The van der Waals surface area contributed by atoms with Crippen molar-refractivity contribution in [1.29, 1.82) is 0 Å². The van der Waals surface area contributed by atoms with Crippen LogP contribution in [0.4, 0.5) is 4.79 Å². The summed E-state index contributed by atoms with van der Waals surface area (Å²) in [6.45, 7) is 5.32. The highest BCUT2D eigenvalue weighted by Gasteiger charge is 2.21. The van der Waals surface area contributed by atoms with Crippen LogP contribution >= 0.6 is 0 Å². The molecular weight excluding hydrogens is 166 g/mol. The van der Waals surface area contributed by atoms with E-state index in [2.05, 4.69) is 12.2 Å². The van der Waals surface area contributed by atoms with Crippen molar-refractivity contribution in [3.05, 3.63) is 0 Å². The molecule has 76 valence electrons. The van der Waals surface area contributed by atoms with Gasteiger partial charge in [0.1, 0.15) is 0 Å². The van der Waals surface area contributed by atoms with Crippen LogP contribution in [-0.4, -0.2) is 19.2 Å². The Hall–Kier alpha value is -0.730. The average molecular weight is 185 g/mol. The van der Waals surface area contributed by atoms with Crippen LogP contribution in [-0.2, 0) is 4.74 Å². The van der Waals surface area contributed by atoms with Gasteiger partial charge in [-0.2, -0.15) is 0 Å². The Morgan fingerprint density at radius 2 is 2.31 bits per heavy atom. The fraction of sp³-hybridized carbons (Fsp3) is 0.900.